The predicted octanol–water partition coefficient (Wildman–Crippen LogP) is 3.73. The lowest BCUT2D eigenvalue weighted by atomic mass is 9.93. The van der Waals surface area contributed by atoms with Crippen LogP contribution in [0.5, 0.6) is 0 Å². The summed E-state index contributed by atoms with van der Waals surface area (Å²) in [4.78, 5) is 12.2. The van der Waals surface area contributed by atoms with E-state index in [9.17, 15) is 14.3 Å². The number of furan rings is 1. The summed E-state index contributed by atoms with van der Waals surface area (Å²) < 4.78 is 19.1. The topological polar surface area (TPSA) is 62.5 Å². The third-order valence-electron chi connectivity index (χ3n) is 3.87. The summed E-state index contributed by atoms with van der Waals surface area (Å²) in [6.45, 7) is -0.109. The first-order valence-corrected chi connectivity index (χ1v) is 8.81. The van der Waals surface area contributed by atoms with Gasteiger partial charge < -0.3 is 14.8 Å². The zero-order valence-corrected chi connectivity index (χ0v) is 14.6. The van der Waals surface area contributed by atoms with Crippen LogP contribution in [0.15, 0.2) is 57.8 Å². The lowest BCUT2D eigenvalue weighted by Crippen LogP contribution is -2.41. The molecule has 130 valence electrons. The molecule has 1 amide bonds. The Bertz CT molecular complexity index is 795. The number of thiophene rings is 1. The molecule has 0 spiro atoms. The van der Waals surface area contributed by atoms with E-state index in [2.05, 4.69) is 5.32 Å². The molecule has 1 aromatic carbocycles. The van der Waals surface area contributed by atoms with E-state index in [4.69, 9.17) is 16.0 Å². The van der Waals surface area contributed by atoms with Gasteiger partial charge in [-0.2, -0.15) is 11.3 Å². The van der Waals surface area contributed by atoms with Crippen molar-refractivity contribution in [3.63, 3.8) is 0 Å². The molecule has 0 radical (unpaired) electrons. The van der Waals surface area contributed by atoms with E-state index in [1.165, 1.54) is 35.8 Å². The number of carbonyl (C=O) groups excluding carboxylic acids is 1. The molecular weight excluding hydrogens is 365 g/mol. The Morgan fingerprint density at radius 3 is 2.80 bits per heavy atom. The van der Waals surface area contributed by atoms with Crippen molar-refractivity contribution in [2.24, 2.45) is 0 Å². The SMILES string of the molecule is O=C(Cc1c(F)cccc1Cl)NC[C@](O)(c1ccsc1)c1ccco1. The van der Waals surface area contributed by atoms with Crippen LogP contribution >= 0.6 is 22.9 Å². The van der Waals surface area contributed by atoms with Crippen molar-refractivity contribution in [3.8, 4) is 0 Å². The molecule has 0 saturated heterocycles. The molecule has 2 N–H and O–H groups in total. The van der Waals surface area contributed by atoms with E-state index in [-0.39, 0.29) is 23.6 Å². The van der Waals surface area contributed by atoms with E-state index >= 15 is 0 Å². The van der Waals surface area contributed by atoms with Gasteiger partial charge in [-0.25, -0.2) is 4.39 Å². The average molecular weight is 380 g/mol. The zero-order chi connectivity index (χ0) is 17.9. The Morgan fingerprint density at radius 1 is 1.32 bits per heavy atom. The largest absolute Gasteiger partial charge is 0.466 e. The van der Waals surface area contributed by atoms with Gasteiger partial charge in [0.1, 0.15) is 11.6 Å². The fourth-order valence-electron chi connectivity index (χ4n) is 2.50. The summed E-state index contributed by atoms with van der Waals surface area (Å²) in [5.41, 5.74) is -0.770. The molecule has 0 saturated carbocycles. The molecular formula is C18H15ClFNO3S. The van der Waals surface area contributed by atoms with Crippen LogP contribution in [-0.2, 0) is 16.8 Å². The van der Waals surface area contributed by atoms with Gasteiger partial charge in [0.2, 0.25) is 5.91 Å². The van der Waals surface area contributed by atoms with Crippen molar-refractivity contribution < 1.29 is 18.7 Å². The van der Waals surface area contributed by atoms with Gasteiger partial charge in [-0.3, -0.25) is 4.79 Å². The zero-order valence-electron chi connectivity index (χ0n) is 13.0. The molecule has 4 nitrogen and oxygen atoms in total. The molecule has 1 atom stereocenters. The van der Waals surface area contributed by atoms with Gasteiger partial charge in [0.15, 0.2) is 5.60 Å². The summed E-state index contributed by atoms with van der Waals surface area (Å²) in [6, 6.07) is 9.31. The Morgan fingerprint density at radius 2 is 2.16 bits per heavy atom. The highest BCUT2D eigenvalue weighted by Crippen LogP contribution is 2.31. The van der Waals surface area contributed by atoms with Crippen molar-refractivity contribution in [1.29, 1.82) is 0 Å². The number of hydrogen-bond donors (Lipinski definition) is 2. The number of hydrogen-bond acceptors (Lipinski definition) is 4. The molecule has 0 unspecified atom stereocenters. The number of carbonyl (C=O) groups is 1. The molecule has 0 aliphatic carbocycles. The Labute approximate surface area is 152 Å². The highest BCUT2D eigenvalue weighted by atomic mass is 35.5. The van der Waals surface area contributed by atoms with Gasteiger partial charge in [-0.1, -0.05) is 17.7 Å². The molecule has 7 heteroatoms. The Balaban J connectivity index is 1.75. The minimum Gasteiger partial charge on any atom is -0.466 e. The van der Waals surface area contributed by atoms with Crippen LogP contribution in [0.4, 0.5) is 4.39 Å². The summed E-state index contributed by atoms with van der Waals surface area (Å²) in [5.74, 6) is -0.677. The number of benzene rings is 1. The molecule has 3 rings (SSSR count). The van der Waals surface area contributed by atoms with Gasteiger partial charge in [-0.15, -0.1) is 0 Å². The van der Waals surface area contributed by atoms with Crippen LogP contribution in [0.2, 0.25) is 5.02 Å². The molecule has 25 heavy (non-hydrogen) atoms. The van der Waals surface area contributed by atoms with E-state index in [1.54, 1.807) is 23.6 Å². The Kier molecular flexibility index (Phi) is 5.22. The molecule has 3 aromatic rings. The summed E-state index contributed by atoms with van der Waals surface area (Å²) in [7, 11) is 0. The minimum atomic E-state index is -1.50. The first-order chi connectivity index (χ1) is 12.0. The lowest BCUT2D eigenvalue weighted by Gasteiger charge is -2.25. The highest BCUT2D eigenvalue weighted by molar-refractivity contribution is 7.08. The number of rotatable bonds is 6. The number of nitrogens with one attached hydrogen (secondary N) is 1. The van der Waals surface area contributed by atoms with Crippen LogP contribution in [0.25, 0.3) is 0 Å². The average Bonchev–Trinajstić information content (AvgIpc) is 3.30. The maximum Gasteiger partial charge on any atom is 0.224 e. The highest BCUT2D eigenvalue weighted by Gasteiger charge is 2.35. The molecule has 0 aliphatic heterocycles. The second kappa shape index (κ2) is 7.39. The molecule has 2 heterocycles. The Hall–Kier alpha value is -2.15. The summed E-state index contributed by atoms with van der Waals surface area (Å²) >= 11 is 7.37. The molecule has 0 fully saturated rings. The van der Waals surface area contributed by atoms with Crippen molar-refractivity contribution >= 4 is 28.8 Å². The van der Waals surface area contributed by atoms with Crippen LogP contribution in [0.3, 0.4) is 0 Å². The molecule has 0 bridgehead atoms. The smallest absolute Gasteiger partial charge is 0.224 e. The third-order valence-corrected chi connectivity index (χ3v) is 4.91. The normalized spacial score (nSPS) is 13.4. The summed E-state index contributed by atoms with van der Waals surface area (Å²) in [5, 5.41) is 17.5. The maximum atomic E-state index is 13.8. The first kappa shape index (κ1) is 17.7. The molecule has 2 aromatic heterocycles. The van der Waals surface area contributed by atoms with Crippen LogP contribution < -0.4 is 5.32 Å². The maximum absolute atomic E-state index is 13.8. The van der Waals surface area contributed by atoms with Crippen molar-refractivity contribution in [3.05, 3.63) is 81.1 Å². The van der Waals surface area contributed by atoms with Gasteiger partial charge in [0, 0.05) is 16.1 Å². The van der Waals surface area contributed by atoms with E-state index < -0.39 is 17.3 Å². The number of aliphatic hydroxyl groups is 1. The third kappa shape index (κ3) is 3.76. The van der Waals surface area contributed by atoms with Crippen LogP contribution in [0, 0.1) is 5.82 Å². The van der Waals surface area contributed by atoms with E-state index in [0.29, 0.717) is 11.3 Å². The van der Waals surface area contributed by atoms with E-state index in [1.807, 2.05) is 5.38 Å². The fourth-order valence-corrected chi connectivity index (χ4v) is 3.45. The number of amides is 1. The monoisotopic (exact) mass is 379 g/mol. The van der Waals surface area contributed by atoms with Crippen molar-refractivity contribution in [2.45, 2.75) is 12.0 Å². The standard InChI is InChI=1S/C18H15ClFNO3S/c19-14-3-1-4-15(20)13(14)9-17(22)21-11-18(23,12-6-8-25-10-12)16-5-2-7-24-16/h1-8,10,23H,9,11H2,(H,21,22)/t18-/m0/s1. The molecule has 0 aliphatic rings. The minimum absolute atomic E-state index is 0.109. The van der Waals surface area contributed by atoms with Gasteiger partial charge in [-0.05, 0) is 41.1 Å². The fraction of sp³-hybridized carbons (Fsp3) is 0.167. The summed E-state index contributed by atoms with van der Waals surface area (Å²) in [6.07, 6.45) is 1.23. The predicted molar refractivity (Wildman–Crippen MR) is 94.1 cm³/mol. The van der Waals surface area contributed by atoms with Gasteiger partial charge >= 0.3 is 0 Å². The lowest BCUT2D eigenvalue weighted by molar-refractivity contribution is -0.121. The van der Waals surface area contributed by atoms with Crippen LogP contribution in [0.1, 0.15) is 16.9 Å². The van der Waals surface area contributed by atoms with Gasteiger partial charge in [0.25, 0.3) is 0 Å². The van der Waals surface area contributed by atoms with Gasteiger partial charge in [0.05, 0.1) is 19.2 Å². The second-order valence-corrected chi connectivity index (χ2v) is 6.69. The van der Waals surface area contributed by atoms with Crippen molar-refractivity contribution in [2.75, 3.05) is 6.54 Å². The quantitative estimate of drug-likeness (QED) is 0.686. The van der Waals surface area contributed by atoms with Crippen LogP contribution in [-0.4, -0.2) is 17.6 Å². The second-order valence-electron chi connectivity index (χ2n) is 5.50. The van der Waals surface area contributed by atoms with E-state index in [0.717, 1.165) is 0 Å². The van der Waals surface area contributed by atoms with Crippen molar-refractivity contribution in [1.82, 2.24) is 5.32 Å². The first-order valence-electron chi connectivity index (χ1n) is 7.49. The number of halogens is 2.